The SMILES string of the molecule is CCCN(CCc1cc(O)c(CCN(CCC)[C@H]2CCc3c(O)cccc3C2)cc1O)[C@@H]1CCc2c(O)cccc2C1. The molecule has 2 aliphatic rings. The van der Waals surface area contributed by atoms with Crippen molar-refractivity contribution in [1.82, 2.24) is 9.80 Å². The Labute approximate surface area is 251 Å². The summed E-state index contributed by atoms with van der Waals surface area (Å²) in [6.45, 7) is 8.02. The Bertz CT molecular complexity index is 1250. The third kappa shape index (κ3) is 6.87. The van der Waals surface area contributed by atoms with Gasteiger partial charge in [0.25, 0.3) is 0 Å². The summed E-state index contributed by atoms with van der Waals surface area (Å²) in [6.07, 6.45) is 9.15. The molecule has 4 N–H and O–H groups in total. The molecular formula is C36H48N2O4. The maximum absolute atomic E-state index is 11.0. The number of phenols is 4. The molecule has 0 aromatic heterocycles. The van der Waals surface area contributed by atoms with Gasteiger partial charge in [-0.2, -0.15) is 0 Å². The molecule has 6 nitrogen and oxygen atoms in total. The first kappa shape index (κ1) is 30.2. The highest BCUT2D eigenvalue weighted by Gasteiger charge is 2.27. The van der Waals surface area contributed by atoms with Crippen LogP contribution in [-0.4, -0.2) is 68.5 Å². The number of hydrogen-bond acceptors (Lipinski definition) is 6. The van der Waals surface area contributed by atoms with E-state index >= 15 is 0 Å². The van der Waals surface area contributed by atoms with Crippen LogP contribution in [0.25, 0.3) is 0 Å². The quantitative estimate of drug-likeness (QED) is 0.195. The molecule has 42 heavy (non-hydrogen) atoms. The number of hydrogen-bond donors (Lipinski definition) is 4. The summed E-state index contributed by atoms with van der Waals surface area (Å²) in [5.41, 5.74) is 6.25. The number of benzene rings is 3. The minimum atomic E-state index is 0.266. The van der Waals surface area contributed by atoms with Crippen molar-refractivity contribution in [3.8, 4) is 23.0 Å². The fourth-order valence-electron chi connectivity index (χ4n) is 7.28. The van der Waals surface area contributed by atoms with E-state index in [1.165, 1.54) is 11.1 Å². The Morgan fingerprint density at radius 1 is 0.595 bits per heavy atom. The molecule has 0 spiro atoms. The van der Waals surface area contributed by atoms with E-state index in [9.17, 15) is 20.4 Å². The third-order valence-electron chi connectivity index (χ3n) is 9.53. The van der Waals surface area contributed by atoms with Gasteiger partial charge in [-0.05, 0) is 135 Å². The Morgan fingerprint density at radius 2 is 1.02 bits per heavy atom. The molecule has 0 heterocycles. The summed E-state index contributed by atoms with van der Waals surface area (Å²) in [5, 5.41) is 42.5. The summed E-state index contributed by atoms with van der Waals surface area (Å²) in [7, 11) is 0. The highest BCUT2D eigenvalue weighted by molar-refractivity contribution is 5.46. The van der Waals surface area contributed by atoms with Crippen molar-refractivity contribution >= 4 is 0 Å². The van der Waals surface area contributed by atoms with Gasteiger partial charge in [-0.15, -0.1) is 0 Å². The lowest BCUT2D eigenvalue weighted by atomic mass is 9.86. The summed E-state index contributed by atoms with van der Waals surface area (Å²) >= 11 is 0. The molecule has 3 aromatic rings. The Balaban J connectivity index is 1.21. The third-order valence-corrected chi connectivity index (χ3v) is 9.53. The molecule has 0 radical (unpaired) electrons. The molecule has 5 rings (SSSR count). The van der Waals surface area contributed by atoms with Crippen LogP contribution in [0.3, 0.4) is 0 Å². The van der Waals surface area contributed by atoms with Crippen molar-refractivity contribution in [3.63, 3.8) is 0 Å². The molecule has 0 saturated heterocycles. The van der Waals surface area contributed by atoms with Gasteiger partial charge in [0.2, 0.25) is 0 Å². The van der Waals surface area contributed by atoms with Crippen molar-refractivity contribution in [2.45, 2.75) is 90.1 Å². The summed E-state index contributed by atoms with van der Waals surface area (Å²) in [4.78, 5) is 5.03. The maximum atomic E-state index is 11.0. The normalized spacial score (nSPS) is 18.3. The number of aromatic hydroxyl groups is 4. The first-order valence-corrected chi connectivity index (χ1v) is 16.0. The topological polar surface area (TPSA) is 87.4 Å². The molecule has 6 heteroatoms. The van der Waals surface area contributed by atoms with Crippen molar-refractivity contribution in [3.05, 3.63) is 81.9 Å². The molecule has 3 aromatic carbocycles. The monoisotopic (exact) mass is 572 g/mol. The van der Waals surface area contributed by atoms with Crippen molar-refractivity contribution in [2.75, 3.05) is 26.2 Å². The summed E-state index contributed by atoms with van der Waals surface area (Å²) in [6, 6.07) is 16.1. The van der Waals surface area contributed by atoms with Gasteiger partial charge in [-0.3, -0.25) is 9.80 Å². The molecule has 0 amide bonds. The lowest BCUT2D eigenvalue weighted by Gasteiger charge is -2.35. The van der Waals surface area contributed by atoms with Crippen molar-refractivity contribution in [1.29, 1.82) is 0 Å². The van der Waals surface area contributed by atoms with E-state index in [4.69, 9.17) is 0 Å². The highest BCUT2D eigenvalue weighted by Crippen LogP contribution is 2.34. The van der Waals surface area contributed by atoms with E-state index in [0.29, 0.717) is 36.4 Å². The zero-order valence-corrected chi connectivity index (χ0v) is 25.4. The zero-order valence-electron chi connectivity index (χ0n) is 25.4. The van der Waals surface area contributed by atoms with E-state index in [1.54, 1.807) is 24.3 Å². The largest absolute Gasteiger partial charge is 0.508 e. The van der Waals surface area contributed by atoms with Crippen LogP contribution < -0.4 is 0 Å². The van der Waals surface area contributed by atoms with Crippen LogP contribution in [0.4, 0.5) is 0 Å². The number of rotatable bonds is 12. The van der Waals surface area contributed by atoms with E-state index in [-0.39, 0.29) is 11.5 Å². The van der Waals surface area contributed by atoms with Crippen LogP contribution in [0.1, 0.15) is 72.9 Å². The lowest BCUT2D eigenvalue weighted by Crippen LogP contribution is -2.41. The minimum Gasteiger partial charge on any atom is -0.508 e. The average molecular weight is 573 g/mol. The van der Waals surface area contributed by atoms with Gasteiger partial charge in [0, 0.05) is 25.2 Å². The van der Waals surface area contributed by atoms with Gasteiger partial charge in [0.1, 0.15) is 23.0 Å². The molecule has 0 fully saturated rings. The van der Waals surface area contributed by atoms with Gasteiger partial charge >= 0.3 is 0 Å². The second kappa shape index (κ2) is 13.8. The molecule has 0 saturated carbocycles. The molecule has 2 atom stereocenters. The lowest BCUT2D eigenvalue weighted by molar-refractivity contribution is 0.180. The summed E-state index contributed by atoms with van der Waals surface area (Å²) < 4.78 is 0. The zero-order chi connectivity index (χ0) is 29.6. The van der Waals surface area contributed by atoms with Gasteiger partial charge in [0.05, 0.1) is 0 Å². The van der Waals surface area contributed by atoms with Crippen LogP contribution >= 0.6 is 0 Å². The second-order valence-corrected chi connectivity index (χ2v) is 12.3. The van der Waals surface area contributed by atoms with Crippen molar-refractivity contribution < 1.29 is 20.4 Å². The molecule has 2 aliphatic carbocycles. The van der Waals surface area contributed by atoms with E-state index in [0.717, 1.165) is 99.8 Å². The first-order chi connectivity index (χ1) is 20.4. The van der Waals surface area contributed by atoms with E-state index < -0.39 is 0 Å². The highest BCUT2D eigenvalue weighted by atomic mass is 16.3. The predicted octanol–water partition coefficient (Wildman–Crippen LogP) is 6.13. The Hall–Kier alpha value is -3.22. The second-order valence-electron chi connectivity index (χ2n) is 12.3. The van der Waals surface area contributed by atoms with E-state index in [1.807, 2.05) is 12.1 Å². The van der Waals surface area contributed by atoms with Crippen LogP contribution in [0.2, 0.25) is 0 Å². The van der Waals surface area contributed by atoms with Gasteiger partial charge in [-0.1, -0.05) is 38.1 Å². The molecule has 0 aliphatic heterocycles. The Kier molecular flexibility index (Phi) is 9.96. The first-order valence-electron chi connectivity index (χ1n) is 16.0. The van der Waals surface area contributed by atoms with Crippen LogP contribution in [0, 0.1) is 0 Å². The van der Waals surface area contributed by atoms with Crippen LogP contribution in [0.15, 0.2) is 48.5 Å². The van der Waals surface area contributed by atoms with Crippen LogP contribution in [-0.2, 0) is 38.5 Å². The molecule has 0 unspecified atom stereocenters. The van der Waals surface area contributed by atoms with Gasteiger partial charge in [0.15, 0.2) is 0 Å². The van der Waals surface area contributed by atoms with Gasteiger partial charge in [-0.25, -0.2) is 0 Å². The number of fused-ring (bicyclic) bond motifs is 2. The standard InChI is InChI=1S/C36H48N2O4/c1-3-17-37(29-11-13-31-25(21-29)7-5-9-33(31)39)19-15-27-23-36(42)28(24-35(27)41)16-20-38(18-4-2)30-12-14-32-26(22-30)8-6-10-34(32)40/h5-10,23-24,29-30,39-42H,3-4,11-22H2,1-2H3/t29-,30+. The van der Waals surface area contributed by atoms with Crippen molar-refractivity contribution in [2.24, 2.45) is 0 Å². The molecule has 0 bridgehead atoms. The predicted molar refractivity (Wildman–Crippen MR) is 169 cm³/mol. The smallest absolute Gasteiger partial charge is 0.119 e. The maximum Gasteiger partial charge on any atom is 0.119 e. The fourth-order valence-corrected chi connectivity index (χ4v) is 7.28. The number of nitrogens with zero attached hydrogens (tertiary/aromatic N) is 2. The molecular weight excluding hydrogens is 524 g/mol. The van der Waals surface area contributed by atoms with Crippen LogP contribution in [0.5, 0.6) is 23.0 Å². The number of phenolic OH excluding ortho intramolecular Hbond substituents is 4. The van der Waals surface area contributed by atoms with E-state index in [2.05, 4.69) is 35.8 Å². The average Bonchev–Trinajstić information content (AvgIpc) is 2.99. The molecule has 226 valence electrons. The Morgan fingerprint density at radius 3 is 1.43 bits per heavy atom. The minimum absolute atomic E-state index is 0.266. The fraction of sp³-hybridized carbons (Fsp3) is 0.500. The van der Waals surface area contributed by atoms with Gasteiger partial charge < -0.3 is 20.4 Å². The summed E-state index contributed by atoms with van der Waals surface area (Å²) in [5.74, 6) is 1.36.